The Bertz CT molecular complexity index is 2640. The van der Waals surface area contributed by atoms with E-state index < -0.39 is 16.2 Å². The number of carbonyl (C=O) groups excluding carboxylic acids is 3. The molecule has 1 aliphatic carbocycles. The number of anilines is 1. The number of amides is 1. The highest BCUT2D eigenvalue weighted by molar-refractivity contribution is 5.93. The first-order chi connectivity index (χ1) is 35.4. The van der Waals surface area contributed by atoms with Gasteiger partial charge in [0.25, 0.3) is 0 Å². The number of rotatable bonds is 21. The first kappa shape index (κ1) is 51.8. The maximum atomic E-state index is 14.5. The lowest BCUT2D eigenvalue weighted by Crippen LogP contribution is -2.45. The summed E-state index contributed by atoms with van der Waals surface area (Å²) in [7, 11) is 0. The average Bonchev–Trinajstić information content (AvgIpc) is 4.26. The second-order valence-corrected chi connectivity index (χ2v) is 24.4. The highest BCUT2D eigenvalue weighted by atomic mass is 16.5. The predicted octanol–water partition coefficient (Wildman–Crippen LogP) is 10.1. The fourth-order valence-corrected chi connectivity index (χ4v) is 13.4. The molecule has 3 aromatic carbocycles. The molecule has 74 heavy (non-hydrogen) atoms. The minimum atomic E-state index is -0.978. The molecule has 4 bridgehead atoms. The van der Waals surface area contributed by atoms with Crippen molar-refractivity contribution in [2.75, 3.05) is 57.8 Å². The van der Waals surface area contributed by atoms with Gasteiger partial charge >= 0.3 is 0 Å². The fourth-order valence-electron chi connectivity index (χ4n) is 13.4. The summed E-state index contributed by atoms with van der Waals surface area (Å²) in [4.78, 5) is 46.7. The molecule has 0 radical (unpaired) electrons. The highest BCUT2D eigenvalue weighted by Gasteiger charge is 2.51. The Morgan fingerprint density at radius 2 is 1.05 bits per heavy atom. The van der Waals surface area contributed by atoms with Gasteiger partial charge in [-0.25, -0.2) is 0 Å². The van der Waals surface area contributed by atoms with Crippen LogP contribution in [0.3, 0.4) is 0 Å². The van der Waals surface area contributed by atoms with E-state index in [4.69, 9.17) is 19.7 Å². The summed E-state index contributed by atoms with van der Waals surface area (Å²) < 4.78 is 14.0. The first-order valence-electron chi connectivity index (χ1n) is 27.7. The van der Waals surface area contributed by atoms with E-state index in [9.17, 15) is 14.4 Å². The summed E-state index contributed by atoms with van der Waals surface area (Å²) >= 11 is 0. The number of aryl methyl sites for hydroxylation is 4. The van der Waals surface area contributed by atoms with E-state index in [1.54, 1.807) is 0 Å². The van der Waals surface area contributed by atoms with Crippen LogP contribution in [0.1, 0.15) is 125 Å². The molecular formula is C61H80N8O5. The van der Waals surface area contributed by atoms with Gasteiger partial charge in [-0.05, 0) is 194 Å². The number of fused-ring (bicyclic) bond motifs is 4. The molecule has 4 N–H and O–H groups in total. The van der Waals surface area contributed by atoms with Crippen LogP contribution in [0.5, 0.6) is 11.8 Å². The fraction of sp³-hybridized carbons (Fsp3) is 0.557. The lowest BCUT2D eigenvalue weighted by atomic mass is 9.73. The normalized spacial score (nSPS) is 23.4. The number of ether oxygens (including phenoxy) is 2. The zero-order chi connectivity index (χ0) is 52.1. The van der Waals surface area contributed by atoms with Crippen LogP contribution in [0.4, 0.5) is 5.69 Å². The number of ketones is 2. The molecule has 13 heteroatoms. The van der Waals surface area contributed by atoms with Gasteiger partial charge in [0.1, 0.15) is 13.2 Å². The molecule has 13 nitrogen and oxygen atoms in total. The molecule has 5 fully saturated rings. The Labute approximate surface area is 438 Å². The number of piperidine rings is 2. The number of Topliss-reactive ketones (excluding diaryl/α,β-unsaturated/α-hetero) is 2. The number of carbonyl (C=O) groups is 3. The van der Waals surface area contributed by atoms with Crippen LogP contribution in [0.25, 0.3) is 22.5 Å². The molecule has 5 aliphatic rings. The highest BCUT2D eigenvalue weighted by Crippen LogP contribution is 2.50. The molecule has 0 spiro atoms. The van der Waals surface area contributed by atoms with Crippen LogP contribution in [0, 0.1) is 56.3 Å². The van der Waals surface area contributed by atoms with E-state index >= 15 is 0 Å². The number of hydrogen-bond acceptors (Lipinski definition) is 10. The number of aromatic amines is 2. The van der Waals surface area contributed by atoms with Crippen molar-refractivity contribution in [3.8, 4) is 34.3 Å². The van der Waals surface area contributed by atoms with E-state index in [0.717, 1.165) is 151 Å². The maximum Gasteiger partial charge on any atom is 0.237 e. The van der Waals surface area contributed by atoms with Gasteiger partial charge in [-0.2, -0.15) is 0 Å². The summed E-state index contributed by atoms with van der Waals surface area (Å²) in [5.74, 6) is 2.26. The number of nitrogens with one attached hydrogen (secondary N) is 4. The van der Waals surface area contributed by atoms with Crippen molar-refractivity contribution in [2.24, 2.45) is 28.6 Å². The maximum absolute atomic E-state index is 14.5. The standard InChI is InChI=1S/C61H80N8O5/c1-37-28-38(2)31-45(30-37)50-48(57(66-64-50)73-35-59(5,6)54(70)52-42-19-24-68(52)25-20-42)61(9,34-62-23-18-41-14-16-47(17-15-41)63-56(72)44-12-10-11-13-44)49-51(46-32-39(3)29-40(4)33-46)65-67-58(49)74-36-60(7,8)55(71)53-43-21-26-69(53)27-22-43/h14-17,28-33,42-44,52-53,62H,10-13,18-27,34-36H2,1-9H3,(H,63,72)(H,64,66)(H,65,67). The quantitative estimate of drug-likeness (QED) is 0.0522. The van der Waals surface area contributed by atoms with E-state index in [1.807, 2.05) is 39.8 Å². The lowest BCUT2D eigenvalue weighted by molar-refractivity contribution is -0.133. The van der Waals surface area contributed by atoms with Gasteiger partial charge in [-0.15, -0.1) is 10.2 Å². The molecule has 1 saturated carbocycles. The van der Waals surface area contributed by atoms with Gasteiger partial charge in [0, 0.05) is 34.7 Å². The molecule has 6 heterocycles. The van der Waals surface area contributed by atoms with Crippen LogP contribution in [-0.2, 0) is 26.2 Å². The largest absolute Gasteiger partial charge is 0.475 e. The zero-order valence-corrected chi connectivity index (χ0v) is 45.5. The molecule has 1 amide bonds. The molecule has 5 aromatic rings. The molecule has 10 rings (SSSR count). The summed E-state index contributed by atoms with van der Waals surface area (Å²) in [6, 6.07) is 21.1. The zero-order valence-electron chi connectivity index (χ0n) is 45.5. The van der Waals surface area contributed by atoms with Crippen molar-refractivity contribution >= 4 is 23.2 Å². The van der Waals surface area contributed by atoms with Crippen molar-refractivity contribution < 1.29 is 23.9 Å². The lowest BCUT2D eigenvalue weighted by Gasteiger charge is -2.34. The summed E-state index contributed by atoms with van der Waals surface area (Å²) in [6.07, 6.45) is 9.13. The first-order valence-corrected chi connectivity index (χ1v) is 27.7. The molecule has 4 saturated heterocycles. The van der Waals surface area contributed by atoms with E-state index in [-0.39, 0.29) is 48.7 Å². The molecule has 2 atom stereocenters. The SMILES string of the molecule is Cc1cc(C)cc(-c2[nH]nc(OCC(C)(C)C(=O)C3C4CCN3CC4)c2C(C)(CNCCc2ccc(NC(=O)C3CCCC3)cc2)c2c(OCC(C)(C)C(=O)C3C4CCN3CC4)n[nH]c2-c2cc(C)cc(C)c2)c1. The van der Waals surface area contributed by atoms with Gasteiger partial charge in [-0.1, -0.05) is 59.4 Å². The molecular weight excluding hydrogens is 925 g/mol. The number of aromatic nitrogens is 4. The molecule has 4 aliphatic heterocycles. The predicted molar refractivity (Wildman–Crippen MR) is 292 cm³/mol. The van der Waals surface area contributed by atoms with E-state index in [0.29, 0.717) is 36.7 Å². The summed E-state index contributed by atoms with van der Waals surface area (Å²) in [5.41, 5.74) is 9.00. The van der Waals surface area contributed by atoms with Crippen LogP contribution in [0.2, 0.25) is 0 Å². The van der Waals surface area contributed by atoms with Crippen molar-refractivity contribution in [1.82, 2.24) is 35.5 Å². The number of nitrogens with zero attached hydrogens (tertiary/aromatic N) is 4. The molecule has 394 valence electrons. The van der Waals surface area contributed by atoms with Crippen LogP contribution < -0.4 is 20.1 Å². The monoisotopic (exact) mass is 1000 g/mol. The number of hydrogen-bond donors (Lipinski definition) is 4. The van der Waals surface area contributed by atoms with Crippen LogP contribution in [0.15, 0.2) is 60.7 Å². The van der Waals surface area contributed by atoms with Gasteiger partial charge in [0.15, 0.2) is 11.6 Å². The summed E-state index contributed by atoms with van der Waals surface area (Å²) in [6.45, 7) is 23.9. The minimum absolute atomic E-state index is 0.0810. The van der Waals surface area contributed by atoms with Crippen LogP contribution in [-0.4, -0.2) is 112 Å². The third-order valence-electron chi connectivity index (χ3n) is 17.4. The second kappa shape index (κ2) is 20.8. The van der Waals surface area contributed by atoms with Crippen LogP contribution >= 0.6 is 0 Å². The van der Waals surface area contributed by atoms with Gasteiger partial charge < -0.3 is 20.1 Å². The second-order valence-electron chi connectivity index (χ2n) is 24.4. The van der Waals surface area contributed by atoms with Crippen molar-refractivity contribution in [3.63, 3.8) is 0 Å². The Kier molecular flexibility index (Phi) is 14.6. The van der Waals surface area contributed by atoms with Gasteiger partial charge in [-0.3, -0.25) is 34.4 Å². The number of benzene rings is 3. The smallest absolute Gasteiger partial charge is 0.237 e. The van der Waals surface area contributed by atoms with Crippen molar-refractivity contribution in [1.29, 1.82) is 0 Å². The van der Waals surface area contributed by atoms with Crippen molar-refractivity contribution in [2.45, 2.75) is 138 Å². The Balaban J connectivity index is 1.04. The Hall–Kier alpha value is -5.63. The topological polar surface area (TPSA) is 158 Å². The van der Waals surface area contributed by atoms with Crippen molar-refractivity contribution in [3.05, 3.63) is 99.6 Å². The Morgan fingerprint density at radius 3 is 1.46 bits per heavy atom. The molecule has 2 aromatic heterocycles. The Morgan fingerprint density at radius 1 is 0.622 bits per heavy atom. The van der Waals surface area contributed by atoms with E-state index in [1.165, 1.54) is 0 Å². The summed E-state index contributed by atoms with van der Waals surface area (Å²) in [5, 5.41) is 24.1. The third kappa shape index (κ3) is 10.4. The minimum Gasteiger partial charge on any atom is -0.475 e. The third-order valence-corrected chi connectivity index (χ3v) is 17.4. The molecule has 2 unspecified atom stereocenters. The van der Waals surface area contributed by atoms with Gasteiger partial charge in [0.2, 0.25) is 17.7 Å². The number of H-pyrrole nitrogens is 2. The average molecular weight is 1010 g/mol. The van der Waals surface area contributed by atoms with E-state index in [2.05, 4.69) is 114 Å². The van der Waals surface area contributed by atoms with Gasteiger partial charge in [0.05, 0.1) is 45.4 Å².